The van der Waals surface area contributed by atoms with Crippen LogP contribution in [0.4, 0.5) is 22.0 Å². The second kappa shape index (κ2) is 13.4. The molecule has 3 N–H and O–H groups in total. The molecule has 4 rings (SSSR count). The molecule has 0 amide bonds. The minimum absolute atomic E-state index is 0.00945. The molecule has 4 aromatic rings. The minimum atomic E-state index is -5.96. The van der Waals surface area contributed by atoms with Crippen molar-refractivity contribution in [3.8, 4) is 11.1 Å². The number of benzene rings is 1. The smallest absolute Gasteiger partial charge is 0.459 e. The lowest BCUT2D eigenvalue weighted by atomic mass is 9.99. The van der Waals surface area contributed by atoms with Gasteiger partial charge in [0.2, 0.25) is 5.90 Å². The number of nitrogens with zero attached hydrogens (tertiary/aromatic N) is 3. The number of ether oxygens (including phenoxy) is 2. The van der Waals surface area contributed by atoms with Gasteiger partial charge in [-0.3, -0.25) is 24.8 Å². The first-order valence-corrected chi connectivity index (χ1v) is 13.7. The summed E-state index contributed by atoms with van der Waals surface area (Å²) < 4.78 is 81.6. The van der Waals surface area contributed by atoms with Crippen molar-refractivity contribution in [1.29, 1.82) is 10.8 Å². The van der Waals surface area contributed by atoms with Gasteiger partial charge in [-0.25, -0.2) is 9.97 Å². The number of pyridine rings is 2. The molecule has 0 spiro atoms. The number of carbonyl (C=O) groups excluding carboxylic acids is 1. The molecule has 3 aromatic heterocycles. The van der Waals surface area contributed by atoms with Gasteiger partial charge in [0.1, 0.15) is 23.6 Å². The molecule has 15 heteroatoms. The molecule has 0 aliphatic rings. The van der Waals surface area contributed by atoms with Gasteiger partial charge in [0, 0.05) is 18.2 Å². The largest absolute Gasteiger partial charge is 0.481 e. The zero-order valence-corrected chi connectivity index (χ0v) is 23.9. The topological polar surface area (TPSA) is 151 Å². The zero-order valence-electron chi connectivity index (χ0n) is 23.9. The Morgan fingerprint density at radius 1 is 0.978 bits per heavy atom. The van der Waals surface area contributed by atoms with Crippen LogP contribution in [0.3, 0.4) is 0 Å². The molecular formula is C30H28F5N5O5. The second-order valence-corrected chi connectivity index (χ2v) is 10.2. The summed E-state index contributed by atoms with van der Waals surface area (Å²) in [5.74, 6) is -7.59. The standard InChI is InChI=1S/C30H28F5N5O5/c1-17-8-10-18(11-9-17)20-14-22(29(31,32)30(33,34)35)38-28-19(20)12-13-23-39-26(27(37)45-16-36)21(40(23)28)15-44-25(43)7-5-3-2-4-6-24(41)42/h8-14,16,36-37H,2-7,15H2,1H3,(H,41,42). The van der Waals surface area contributed by atoms with E-state index in [2.05, 4.69) is 9.97 Å². The molecule has 0 fully saturated rings. The summed E-state index contributed by atoms with van der Waals surface area (Å²) in [7, 11) is 0. The van der Waals surface area contributed by atoms with Crippen LogP contribution in [0.1, 0.15) is 61.2 Å². The molecule has 10 nitrogen and oxygen atoms in total. The highest BCUT2D eigenvalue weighted by Crippen LogP contribution is 2.45. The first-order chi connectivity index (χ1) is 21.2. The number of fused-ring (bicyclic) bond motifs is 3. The number of hydrogen-bond acceptors (Lipinski definition) is 8. The number of carboxylic acids is 1. The van der Waals surface area contributed by atoms with Gasteiger partial charge in [-0.2, -0.15) is 22.0 Å². The summed E-state index contributed by atoms with van der Waals surface area (Å²) in [5.41, 5.74) is -1.13. The maximum atomic E-state index is 14.8. The molecule has 238 valence electrons. The van der Waals surface area contributed by atoms with E-state index in [1.165, 1.54) is 12.1 Å². The fourth-order valence-corrected chi connectivity index (χ4v) is 4.68. The van der Waals surface area contributed by atoms with Crippen molar-refractivity contribution in [3.63, 3.8) is 0 Å². The molecule has 45 heavy (non-hydrogen) atoms. The fourth-order valence-electron chi connectivity index (χ4n) is 4.68. The van der Waals surface area contributed by atoms with E-state index < -0.39 is 42.2 Å². The van der Waals surface area contributed by atoms with Gasteiger partial charge < -0.3 is 14.6 Å². The number of halogens is 5. The number of nitrogens with one attached hydrogen (secondary N) is 2. The Labute approximate surface area is 252 Å². The van der Waals surface area contributed by atoms with Crippen molar-refractivity contribution >= 4 is 40.9 Å². The number of carbonyl (C=O) groups is 2. The number of carboxylic acid groups (broad SMARTS) is 1. The van der Waals surface area contributed by atoms with Crippen LogP contribution in [0.25, 0.3) is 27.8 Å². The zero-order chi connectivity index (χ0) is 32.9. The summed E-state index contributed by atoms with van der Waals surface area (Å²) in [4.78, 5) is 31.2. The van der Waals surface area contributed by atoms with Crippen LogP contribution in [0.15, 0.2) is 42.5 Å². The van der Waals surface area contributed by atoms with Gasteiger partial charge in [0.25, 0.3) is 0 Å². The number of imidazole rings is 1. The quantitative estimate of drug-likeness (QED) is 0.0475. The lowest BCUT2D eigenvalue weighted by molar-refractivity contribution is -0.290. The highest BCUT2D eigenvalue weighted by atomic mass is 19.4. The van der Waals surface area contributed by atoms with Crippen LogP contribution >= 0.6 is 0 Å². The van der Waals surface area contributed by atoms with E-state index in [9.17, 15) is 31.5 Å². The van der Waals surface area contributed by atoms with Gasteiger partial charge >= 0.3 is 24.0 Å². The number of aliphatic carboxylic acids is 1. The summed E-state index contributed by atoms with van der Waals surface area (Å²) >= 11 is 0. The Morgan fingerprint density at radius 2 is 1.64 bits per heavy atom. The van der Waals surface area contributed by atoms with E-state index in [1.807, 2.05) is 0 Å². The first-order valence-electron chi connectivity index (χ1n) is 13.7. The highest BCUT2D eigenvalue weighted by molar-refractivity contribution is 5.98. The SMILES string of the molecule is Cc1ccc(-c2cc(C(F)(F)C(F)(F)F)nc3c2ccc2nc(C(=N)OC=N)c(COC(=O)CCCCCCC(=O)O)n23)cc1. The van der Waals surface area contributed by atoms with Gasteiger partial charge in [-0.1, -0.05) is 42.7 Å². The molecule has 0 unspecified atom stereocenters. The van der Waals surface area contributed by atoms with E-state index in [0.29, 0.717) is 43.7 Å². The summed E-state index contributed by atoms with van der Waals surface area (Å²) in [6.07, 6.45) is -3.55. The third-order valence-corrected chi connectivity index (χ3v) is 6.97. The Kier molecular flexibility index (Phi) is 9.78. The van der Waals surface area contributed by atoms with E-state index in [0.717, 1.165) is 9.96 Å². The van der Waals surface area contributed by atoms with Crippen LogP contribution in [0.2, 0.25) is 0 Å². The van der Waals surface area contributed by atoms with E-state index in [4.69, 9.17) is 25.4 Å². The Hall–Kier alpha value is -4.95. The lowest BCUT2D eigenvalue weighted by Crippen LogP contribution is -2.34. The Balaban J connectivity index is 1.83. The number of aromatic nitrogens is 3. The predicted molar refractivity (Wildman–Crippen MR) is 152 cm³/mol. The molecule has 0 bridgehead atoms. The average Bonchev–Trinajstić information content (AvgIpc) is 3.36. The van der Waals surface area contributed by atoms with Crippen molar-refractivity contribution in [2.45, 2.75) is 64.2 Å². The molecule has 0 saturated heterocycles. The number of rotatable bonds is 13. The van der Waals surface area contributed by atoms with Crippen LogP contribution in [-0.2, 0) is 31.6 Å². The van der Waals surface area contributed by atoms with Crippen LogP contribution in [-0.4, -0.2) is 49.9 Å². The molecule has 1 aromatic carbocycles. The lowest BCUT2D eigenvalue weighted by Gasteiger charge is -2.21. The van der Waals surface area contributed by atoms with Crippen molar-refractivity contribution in [2.75, 3.05) is 0 Å². The highest BCUT2D eigenvalue weighted by Gasteiger charge is 2.60. The molecule has 0 radical (unpaired) electrons. The van der Waals surface area contributed by atoms with Gasteiger partial charge in [0.05, 0.1) is 5.69 Å². The van der Waals surface area contributed by atoms with E-state index >= 15 is 0 Å². The number of hydrogen-bond donors (Lipinski definition) is 3. The number of alkyl halides is 5. The first kappa shape index (κ1) is 33.0. The normalized spacial score (nSPS) is 12.0. The van der Waals surface area contributed by atoms with Gasteiger partial charge in [-0.15, -0.1) is 0 Å². The Bertz CT molecular complexity index is 1750. The molecule has 3 heterocycles. The molecular weight excluding hydrogens is 605 g/mol. The molecule has 0 atom stereocenters. The van der Waals surface area contributed by atoms with Gasteiger partial charge in [0.15, 0.2) is 12.1 Å². The summed E-state index contributed by atoms with van der Waals surface area (Å²) in [5, 5.41) is 24.3. The van der Waals surface area contributed by atoms with Crippen molar-refractivity contribution < 1.29 is 46.1 Å². The average molecular weight is 634 g/mol. The third kappa shape index (κ3) is 7.24. The molecule has 0 aliphatic carbocycles. The summed E-state index contributed by atoms with van der Waals surface area (Å²) in [6, 6.07) is 10.0. The fraction of sp³-hybridized carbons (Fsp3) is 0.333. The maximum absolute atomic E-state index is 14.8. The second-order valence-electron chi connectivity index (χ2n) is 10.2. The van der Waals surface area contributed by atoms with Crippen molar-refractivity contribution in [2.24, 2.45) is 0 Å². The Morgan fingerprint density at radius 3 is 2.27 bits per heavy atom. The predicted octanol–water partition coefficient (Wildman–Crippen LogP) is 6.93. The molecule has 0 aliphatic heterocycles. The monoisotopic (exact) mass is 633 g/mol. The van der Waals surface area contributed by atoms with Crippen LogP contribution in [0, 0.1) is 17.7 Å². The van der Waals surface area contributed by atoms with E-state index in [-0.39, 0.29) is 46.5 Å². The number of esters is 1. The minimum Gasteiger partial charge on any atom is -0.481 e. The number of aryl methyl sites for hydroxylation is 1. The van der Waals surface area contributed by atoms with Crippen LogP contribution in [0.5, 0.6) is 0 Å². The van der Waals surface area contributed by atoms with Gasteiger partial charge in [-0.05, 0) is 49.1 Å². The third-order valence-electron chi connectivity index (χ3n) is 6.97. The molecule has 0 saturated carbocycles. The van der Waals surface area contributed by atoms with Crippen molar-refractivity contribution in [3.05, 3.63) is 65.1 Å². The maximum Gasteiger partial charge on any atom is 0.459 e. The number of unbranched alkanes of at least 4 members (excludes halogenated alkanes) is 3. The van der Waals surface area contributed by atoms with Crippen molar-refractivity contribution in [1.82, 2.24) is 14.4 Å². The van der Waals surface area contributed by atoms with Crippen LogP contribution < -0.4 is 0 Å². The summed E-state index contributed by atoms with van der Waals surface area (Å²) in [6.45, 7) is 1.20. The van der Waals surface area contributed by atoms with E-state index in [1.54, 1.807) is 31.2 Å².